The van der Waals surface area contributed by atoms with Crippen molar-refractivity contribution in [3.63, 3.8) is 0 Å². The van der Waals surface area contributed by atoms with Crippen molar-refractivity contribution in [3.8, 4) is 5.69 Å². The van der Waals surface area contributed by atoms with Crippen LogP contribution in [0.15, 0.2) is 39.0 Å². The van der Waals surface area contributed by atoms with E-state index in [2.05, 4.69) is 5.10 Å². The number of hydrazone groups is 1. The number of halogens is 4. The molecule has 1 aromatic carbocycles. The normalized spacial score (nSPS) is 12.1. The molecule has 0 radical (unpaired) electrons. The number of carbonyl (C=O) groups excluding carboxylic acids is 1. The summed E-state index contributed by atoms with van der Waals surface area (Å²) in [6.07, 6.45) is -4.89. The van der Waals surface area contributed by atoms with Gasteiger partial charge in [-0.05, 0) is 25.1 Å². The van der Waals surface area contributed by atoms with Crippen molar-refractivity contribution in [1.82, 2.24) is 9.13 Å². The Kier molecular flexibility index (Phi) is 5.98. The Labute approximate surface area is 160 Å². The first kappa shape index (κ1) is 21.2. The molecule has 0 bridgehead atoms. The minimum atomic E-state index is -4.89. The summed E-state index contributed by atoms with van der Waals surface area (Å²) >= 11 is 6.03. The number of carbonyl (C=O) groups is 1. The van der Waals surface area contributed by atoms with Gasteiger partial charge >= 0.3 is 17.8 Å². The van der Waals surface area contributed by atoms with E-state index in [9.17, 15) is 27.6 Å². The van der Waals surface area contributed by atoms with Gasteiger partial charge in [0, 0.05) is 18.7 Å². The smallest absolute Gasteiger partial charge is 0.431 e. The molecular formula is C16H14ClF3N4O4. The molecule has 12 heteroatoms. The molecule has 0 amide bonds. The van der Waals surface area contributed by atoms with Gasteiger partial charge in [0.1, 0.15) is 5.69 Å². The average Bonchev–Trinajstić information content (AvgIpc) is 2.60. The van der Waals surface area contributed by atoms with Crippen LogP contribution in [-0.2, 0) is 22.8 Å². The number of rotatable bonds is 4. The summed E-state index contributed by atoms with van der Waals surface area (Å²) < 4.78 is 44.5. The molecule has 8 nitrogen and oxygen atoms in total. The van der Waals surface area contributed by atoms with Crippen LogP contribution in [0.25, 0.3) is 5.69 Å². The maximum Gasteiger partial charge on any atom is 0.431 e. The Hall–Kier alpha value is -3.08. The van der Waals surface area contributed by atoms with Gasteiger partial charge in [-0.2, -0.15) is 18.3 Å². The van der Waals surface area contributed by atoms with Crippen molar-refractivity contribution in [2.75, 3.05) is 6.61 Å². The first-order valence-electron chi connectivity index (χ1n) is 7.68. The number of hydrogen-bond acceptors (Lipinski definition) is 6. The Morgan fingerprint density at radius 1 is 1.29 bits per heavy atom. The maximum absolute atomic E-state index is 13.0. The van der Waals surface area contributed by atoms with Crippen LogP contribution < -0.4 is 17.1 Å². The van der Waals surface area contributed by atoms with Gasteiger partial charge in [-0.1, -0.05) is 11.6 Å². The molecule has 0 aliphatic rings. The number of benzene rings is 1. The minimum Gasteiger partial charge on any atom is -0.461 e. The summed E-state index contributed by atoms with van der Waals surface area (Å²) in [6.45, 7) is 1.57. The summed E-state index contributed by atoms with van der Waals surface area (Å²) in [5, 5.41) is 3.32. The zero-order valence-electron chi connectivity index (χ0n) is 14.6. The number of hydrogen-bond donors (Lipinski definition) is 1. The Morgan fingerprint density at radius 2 is 1.93 bits per heavy atom. The standard InChI is InChI=1S/C16H14ClF3N4O4/c1-3-28-14(26)13(22-21)9-6-8(4-5-10(9)17)24-12(25)7-11(16(18,19)20)23(2)15(24)27/h4-7H,3,21H2,1-2H3. The number of alkyl halides is 3. The molecule has 0 fully saturated rings. The molecule has 0 aliphatic carbocycles. The Balaban J connectivity index is 2.72. The van der Waals surface area contributed by atoms with E-state index in [1.165, 1.54) is 12.1 Å². The lowest BCUT2D eigenvalue weighted by Crippen LogP contribution is -2.40. The van der Waals surface area contributed by atoms with Crippen molar-refractivity contribution in [2.45, 2.75) is 13.1 Å². The Morgan fingerprint density at radius 3 is 2.46 bits per heavy atom. The van der Waals surface area contributed by atoms with E-state index in [0.29, 0.717) is 15.2 Å². The predicted molar refractivity (Wildman–Crippen MR) is 94.6 cm³/mol. The molecule has 0 saturated heterocycles. The van der Waals surface area contributed by atoms with Gasteiger partial charge in [0.25, 0.3) is 5.56 Å². The van der Waals surface area contributed by atoms with Crippen LogP contribution >= 0.6 is 11.6 Å². The van der Waals surface area contributed by atoms with E-state index in [4.69, 9.17) is 22.2 Å². The second-order valence-corrected chi connectivity index (χ2v) is 5.81. The molecule has 0 aliphatic heterocycles. The monoisotopic (exact) mass is 418 g/mol. The number of ether oxygens (including phenoxy) is 1. The lowest BCUT2D eigenvalue weighted by atomic mass is 10.1. The molecule has 0 saturated carbocycles. The third-order valence-electron chi connectivity index (χ3n) is 3.67. The number of nitrogens with zero attached hydrogens (tertiary/aromatic N) is 3. The molecule has 2 rings (SSSR count). The summed E-state index contributed by atoms with van der Waals surface area (Å²) in [6, 6.07) is 3.88. The molecule has 0 atom stereocenters. The van der Waals surface area contributed by atoms with E-state index in [1.807, 2.05) is 0 Å². The van der Waals surface area contributed by atoms with Crippen LogP contribution in [0.5, 0.6) is 0 Å². The van der Waals surface area contributed by atoms with Gasteiger partial charge in [0.05, 0.1) is 17.3 Å². The summed E-state index contributed by atoms with van der Waals surface area (Å²) in [5.41, 5.74) is -4.44. The van der Waals surface area contributed by atoms with Crippen molar-refractivity contribution >= 4 is 23.3 Å². The SMILES string of the molecule is CCOC(=O)C(=NN)c1cc(-n2c(=O)cc(C(F)(F)F)n(C)c2=O)ccc1Cl. The lowest BCUT2D eigenvalue weighted by molar-refractivity contribution is -0.144. The van der Waals surface area contributed by atoms with Crippen molar-refractivity contribution in [2.24, 2.45) is 18.0 Å². The highest BCUT2D eigenvalue weighted by Gasteiger charge is 2.35. The van der Waals surface area contributed by atoms with Crippen molar-refractivity contribution < 1.29 is 22.7 Å². The molecule has 0 unspecified atom stereocenters. The van der Waals surface area contributed by atoms with Gasteiger partial charge in [0.15, 0.2) is 5.71 Å². The molecule has 150 valence electrons. The van der Waals surface area contributed by atoms with Crippen LogP contribution in [0.4, 0.5) is 13.2 Å². The third-order valence-corrected chi connectivity index (χ3v) is 4.00. The molecule has 2 N–H and O–H groups in total. The fourth-order valence-corrected chi connectivity index (χ4v) is 2.61. The average molecular weight is 419 g/mol. The highest BCUT2D eigenvalue weighted by molar-refractivity contribution is 6.47. The summed E-state index contributed by atoms with van der Waals surface area (Å²) in [7, 11) is 0.878. The van der Waals surface area contributed by atoms with E-state index in [-0.39, 0.29) is 28.6 Å². The topological polar surface area (TPSA) is 109 Å². The molecular weight excluding hydrogens is 405 g/mol. The minimum absolute atomic E-state index is 0.00205. The fraction of sp³-hybridized carbons (Fsp3) is 0.250. The fourth-order valence-electron chi connectivity index (χ4n) is 2.40. The highest BCUT2D eigenvalue weighted by Crippen LogP contribution is 2.27. The Bertz CT molecular complexity index is 1070. The van der Waals surface area contributed by atoms with E-state index >= 15 is 0 Å². The molecule has 1 aromatic heterocycles. The molecule has 2 aromatic rings. The van der Waals surface area contributed by atoms with E-state index in [1.54, 1.807) is 6.92 Å². The largest absolute Gasteiger partial charge is 0.461 e. The van der Waals surface area contributed by atoms with Crippen LogP contribution in [0.3, 0.4) is 0 Å². The second kappa shape index (κ2) is 7.89. The van der Waals surface area contributed by atoms with E-state index in [0.717, 1.165) is 13.1 Å². The van der Waals surface area contributed by atoms with Crippen LogP contribution in [0.2, 0.25) is 5.02 Å². The van der Waals surface area contributed by atoms with Crippen LogP contribution in [0.1, 0.15) is 18.2 Å². The number of esters is 1. The number of aromatic nitrogens is 2. The van der Waals surface area contributed by atoms with Gasteiger partial charge in [0.2, 0.25) is 0 Å². The van der Waals surface area contributed by atoms with Crippen molar-refractivity contribution in [1.29, 1.82) is 0 Å². The highest BCUT2D eigenvalue weighted by atomic mass is 35.5. The molecule has 0 spiro atoms. The van der Waals surface area contributed by atoms with E-state index < -0.39 is 29.1 Å². The van der Waals surface area contributed by atoms with Crippen LogP contribution in [-0.4, -0.2) is 27.4 Å². The van der Waals surface area contributed by atoms with Gasteiger partial charge in [-0.3, -0.25) is 9.36 Å². The van der Waals surface area contributed by atoms with Crippen LogP contribution in [0, 0.1) is 0 Å². The third kappa shape index (κ3) is 3.93. The van der Waals surface area contributed by atoms with Gasteiger partial charge in [-0.25, -0.2) is 14.2 Å². The predicted octanol–water partition coefficient (Wildman–Crippen LogP) is 1.43. The first-order valence-corrected chi connectivity index (χ1v) is 8.06. The van der Waals surface area contributed by atoms with Gasteiger partial charge < -0.3 is 10.6 Å². The zero-order valence-corrected chi connectivity index (χ0v) is 15.3. The first-order chi connectivity index (χ1) is 13.0. The summed E-state index contributed by atoms with van der Waals surface area (Å²) in [4.78, 5) is 36.5. The molecule has 28 heavy (non-hydrogen) atoms. The number of nitrogens with two attached hydrogens (primary N) is 1. The van der Waals surface area contributed by atoms with Crippen molar-refractivity contribution in [3.05, 3.63) is 61.4 Å². The van der Waals surface area contributed by atoms with Gasteiger partial charge in [-0.15, -0.1) is 0 Å². The quantitative estimate of drug-likeness (QED) is 0.350. The zero-order chi connectivity index (χ0) is 21.2. The maximum atomic E-state index is 13.0. The summed E-state index contributed by atoms with van der Waals surface area (Å²) in [5.74, 6) is 4.31. The lowest BCUT2D eigenvalue weighted by Gasteiger charge is -2.15. The second-order valence-electron chi connectivity index (χ2n) is 5.40. The molecule has 1 heterocycles.